The summed E-state index contributed by atoms with van der Waals surface area (Å²) >= 11 is 1.64. The summed E-state index contributed by atoms with van der Waals surface area (Å²) in [7, 11) is 1.63. The molecule has 0 radical (unpaired) electrons. The summed E-state index contributed by atoms with van der Waals surface area (Å²) in [6.07, 6.45) is 4.73. The van der Waals surface area contributed by atoms with Crippen molar-refractivity contribution in [2.75, 3.05) is 19.0 Å². The number of hydrogen-bond donors (Lipinski definition) is 1. The lowest BCUT2D eigenvalue weighted by Crippen LogP contribution is -2.27. The van der Waals surface area contributed by atoms with Crippen molar-refractivity contribution in [3.05, 3.63) is 70.1 Å². The van der Waals surface area contributed by atoms with Crippen LogP contribution in [0.3, 0.4) is 0 Å². The molecule has 1 aliphatic rings. The fraction of sp³-hybridized carbons (Fsp3) is 0.379. The Labute approximate surface area is 212 Å². The summed E-state index contributed by atoms with van der Waals surface area (Å²) in [4.78, 5) is 19.6. The number of amides is 1. The zero-order chi connectivity index (χ0) is 25.0. The van der Waals surface area contributed by atoms with E-state index in [2.05, 4.69) is 26.1 Å². The zero-order valence-corrected chi connectivity index (χ0v) is 22.0. The lowest BCUT2D eigenvalue weighted by Gasteiger charge is -2.33. The van der Waals surface area contributed by atoms with Crippen LogP contribution < -0.4 is 14.8 Å². The second-order valence-electron chi connectivity index (χ2n) is 9.88. The number of ether oxygens (including phenoxy) is 2. The minimum absolute atomic E-state index is 0.106. The number of thiophene rings is 1. The third kappa shape index (κ3) is 5.59. The Morgan fingerprint density at radius 1 is 1.17 bits per heavy atom. The number of nitrogens with zero attached hydrogens (tertiary/aromatic N) is 1. The number of para-hydroxylation sites is 2. The lowest BCUT2D eigenvalue weighted by atomic mass is 9.72. The predicted molar refractivity (Wildman–Crippen MR) is 145 cm³/mol. The lowest BCUT2D eigenvalue weighted by molar-refractivity contribution is 0.102. The summed E-state index contributed by atoms with van der Waals surface area (Å²) < 4.78 is 11.3. The number of rotatable bonds is 7. The highest BCUT2D eigenvalue weighted by Gasteiger charge is 2.33. The van der Waals surface area contributed by atoms with Crippen molar-refractivity contribution in [2.24, 2.45) is 16.3 Å². The zero-order valence-electron chi connectivity index (χ0n) is 21.2. The van der Waals surface area contributed by atoms with Crippen molar-refractivity contribution < 1.29 is 14.3 Å². The number of aliphatic imine (C=N–C) groups is 1. The van der Waals surface area contributed by atoms with Crippen molar-refractivity contribution in [1.29, 1.82) is 0 Å². The minimum atomic E-state index is -0.106. The number of anilines is 1. The molecule has 184 valence electrons. The normalized spacial score (nSPS) is 15.6. The molecular weight excluding hydrogens is 456 g/mol. The average molecular weight is 491 g/mol. The SMILES string of the molecule is CCOc1c(C=Nc2sc3c(c2C(=O)Nc2ccccc2)CC[C@H](C(C)(C)C)C3)cccc1OC. The Balaban J connectivity index is 1.74. The molecule has 0 aliphatic heterocycles. The van der Waals surface area contributed by atoms with Crippen molar-refractivity contribution in [2.45, 2.75) is 47.0 Å². The molecule has 0 spiro atoms. The molecule has 1 amide bonds. The van der Waals surface area contributed by atoms with Crippen molar-refractivity contribution in [3.8, 4) is 11.5 Å². The first kappa shape index (κ1) is 25.0. The molecule has 0 saturated carbocycles. The van der Waals surface area contributed by atoms with E-state index in [0.717, 1.165) is 41.1 Å². The maximum atomic E-state index is 13.5. The number of carbonyl (C=O) groups is 1. The molecule has 0 unspecified atom stereocenters. The number of carbonyl (C=O) groups excluding carboxylic acids is 1. The smallest absolute Gasteiger partial charge is 0.259 e. The predicted octanol–water partition coefficient (Wildman–Crippen LogP) is 7.31. The highest BCUT2D eigenvalue weighted by molar-refractivity contribution is 7.16. The van der Waals surface area contributed by atoms with E-state index in [0.29, 0.717) is 29.6 Å². The number of hydrogen-bond acceptors (Lipinski definition) is 5. The first-order valence-electron chi connectivity index (χ1n) is 12.2. The maximum absolute atomic E-state index is 13.5. The van der Waals surface area contributed by atoms with Crippen LogP contribution >= 0.6 is 11.3 Å². The highest BCUT2D eigenvalue weighted by atomic mass is 32.1. The van der Waals surface area contributed by atoms with Crippen LogP contribution in [0, 0.1) is 11.3 Å². The van der Waals surface area contributed by atoms with Gasteiger partial charge in [0.05, 0.1) is 19.3 Å². The van der Waals surface area contributed by atoms with Gasteiger partial charge in [0.2, 0.25) is 0 Å². The van der Waals surface area contributed by atoms with Crippen LogP contribution in [0.4, 0.5) is 10.7 Å². The summed E-state index contributed by atoms with van der Waals surface area (Å²) in [5.74, 6) is 1.80. The average Bonchev–Trinajstić information content (AvgIpc) is 3.21. The number of benzene rings is 2. The maximum Gasteiger partial charge on any atom is 0.259 e. The molecule has 0 bridgehead atoms. The summed E-state index contributed by atoms with van der Waals surface area (Å²) in [5, 5.41) is 3.81. The standard InChI is InChI=1S/C29H34N2O3S/c1-6-34-26-19(11-10-14-23(26)33-5)18-30-28-25(27(32)31-21-12-8-7-9-13-21)22-16-15-20(29(2,3)4)17-24(22)35-28/h7-14,18,20H,6,15-17H2,1-5H3,(H,31,32)/t20-/m0/s1. The van der Waals surface area contributed by atoms with Crippen molar-refractivity contribution in [1.82, 2.24) is 0 Å². The molecule has 1 aliphatic carbocycles. The van der Waals surface area contributed by atoms with E-state index in [-0.39, 0.29) is 11.3 Å². The fourth-order valence-electron chi connectivity index (χ4n) is 4.57. The second kappa shape index (κ2) is 10.6. The van der Waals surface area contributed by atoms with Gasteiger partial charge in [0.1, 0.15) is 5.00 Å². The first-order valence-corrected chi connectivity index (χ1v) is 13.0. The molecule has 1 heterocycles. The van der Waals surface area contributed by atoms with E-state index >= 15 is 0 Å². The number of nitrogens with one attached hydrogen (secondary N) is 1. The highest BCUT2D eigenvalue weighted by Crippen LogP contribution is 2.45. The van der Waals surface area contributed by atoms with Crippen LogP contribution in [0.2, 0.25) is 0 Å². The van der Waals surface area contributed by atoms with E-state index in [4.69, 9.17) is 14.5 Å². The summed E-state index contributed by atoms with van der Waals surface area (Å²) in [6.45, 7) is 9.37. The third-order valence-corrected chi connectivity index (χ3v) is 7.73. The molecule has 0 fully saturated rings. The van der Waals surface area contributed by atoms with Crippen molar-refractivity contribution in [3.63, 3.8) is 0 Å². The van der Waals surface area contributed by atoms with Gasteiger partial charge in [-0.05, 0) is 67.3 Å². The Bertz CT molecular complexity index is 1210. The van der Waals surface area contributed by atoms with Gasteiger partial charge >= 0.3 is 0 Å². The van der Waals surface area contributed by atoms with Gasteiger partial charge in [-0.15, -0.1) is 11.3 Å². The van der Waals surface area contributed by atoms with Crippen LogP contribution in [0.5, 0.6) is 11.5 Å². The van der Waals surface area contributed by atoms with E-state index in [9.17, 15) is 4.79 Å². The van der Waals surface area contributed by atoms with Crippen LogP contribution in [0.1, 0.15) is 60.5 Å². The Morgan fingerprint density at radius 3 is 2.63 bits per heavy atom. The largest absolute Gasteiger partial charge is 0.493 e. The van der Waals surface area contributed by atoms with Crippen LogP contribution in [0.25, 0.3) is 0 Å². The molecule has 5 nitrogen and oxygen atoms in total. The monoisotopic (exact) mass is 490 g/mol. The number of fused-ring (bicyclic) bond motifs is 1. The van der Waals surface area contributed by atoms with E-state index in [1.54, 1.807) is 24.7 Å². The van der Waals surface area contributed by atoms with Gasteiger partial charge in [0.25, 0.3) is 5.91 Å². The van der Waals surface area contributed by atoms with Crippen molar-refractivity contribution >= 4 is 34.1 Å². The molecule has 4 rings (SSSR count). The molecule has 3 aromatic rings. The third-order valence-electron chi connectivity index (χ3n) is 6.57. The van der Waals surface area contributed by atoms with Crippen LogP contribution in [-0.4, -0.2) is 25.8 Å². The van der Waals surface area contributed by atoms with E-state index < -0.39 is 0 Å². The minimum Gasteiger partial charge on any atom is -0.493 e. The quantitative estimate of drug-likeness (QED) is 0.353. The Hall–Kier alpha value is -3.12. The summed E-state index contributed by atoms with van der Waals surface area (Å²) in [5.41, 5.74) is 3.66. The van der Waals surface area contributed by atoms with Gasteiger partial charge in [0, 0.05) is 22.3 Å². The molecule has 6 heteroatoms. The molecule has 2 aromatic carbocycles. The fourth-order valence-corrected chi connectivity index (χ4v) is 5.84. The van der Waals surface area contributed by atoms with Crippen LogP contribution in [0.15, 0.2) is 53.5 Å². The molecule has 1 N–H and O–H groups in total. The molecule has 35 heavy (non-hydrogen) atoms. The van der Waals surface area contributed by atoms with Gasteiger partial charge in [0.15, 0.2) is 11.5 Å². The van der Waals surface area contributed by atoms with Gasteiger partial charge < -0.3 is 14.8 Å². The van der Waals surface area contributed by atoms with Gasteiger partial charge in [-0.1, -0.05) is 45.0 Å². The second-order valence-corrected chi connectivity index (χ2v) is 11.0. The summed E-state index contributed by atoms with van der Waals surface area (Å²) in [6, 6.07) is 15.3. The Kier molecular flexibility index (Phi) is 7.60. The molecule has 1 aromatic heterocycles. The van der Waals surface area contributed by atoms with E-state index in [1.165, 1.54) is 4.88 Å². The Morgan fingerprint density at radius 2 is 1.94 bits per heavy atom. The first-order chi connectivity index (χ1) is 16.8. The van der Waals surface area contributed by atoms with Gasteiger partial charge in [-0.3, -0.25) is 4.79 Å². The van der Waals surface area contributed by atoms with Gasteiger partial charge in [-0.25, -0.2) is 4.99 Å². The molecule has 0 saturated heterocycles. The molecule has 1 atom stereocenters. The van der Waals surface area contributed by atoms with Crippen LogP contribution in [-0.2, 0) is 12.8 Å². The topological polar surface area (TPSA) is 59.9 Å². The molecular formula is C29H34N2O3S. The van der Waals surface area contributed by atoms with Gasteiger partial charge in [-0.2, -0.15) is 0 Å². The number of methoxy groups -OCH3 is 1. The van der Waals surface area contributed by atoms with E-state index in [1.807, 2.05) is 55.5 Å².